The molecule has 0 aromatic rings. The fourth-order valence-corrected chi connectivity index (χ4v) is 1.28. The zero-order valence-corrected chi connectivity index (χ0v) is 11.4. The number of rotatable bonds is 6. The molecule has 0 unspecified atom stereocenters. The van der Waals surface area contributed by atoms with Crippen LogP contribution >= 0.6 is 8.60 Å². The molecular formula is C6H15O3PPd2. The molecule has 0 aliphatic heterocycles. The minimum Gasteiger partial charge on any atom is -0.313 e. The molecule has 0 aromatic heterocycles. The largest absolute Gasteiger partial charge is 0.332 e. The van der Waals surface area contributed by atoms with Crippen molar-refractivity contribution in [1.82, 2.24) is 0 Å². The van der Waals surface area contributed by atoms with Gasteiger partial charge in [-0.1, -0.05) is 0 Å². The van der Waals surface area contributed by atoms with Gasteiger partial charge in [-0.05, 0) is 20.8 Å². The van der Waals surface area contributed by atoms with E-state index in [1.165, 1.54) is 0 Å². The molecule has 12 heavy (non-hydrogen) atoms. The average molecular weight is 379 g/mol. The molecule has 0 amide bonds. The predicted octanol–water partition coefficient (Wildman–Crippen LogP) is 2.32. The Morgan fingerprint density at radius 1 is 0.750 bits per heavy atom. The van der Waals surface area contributed by atoms with Crippen LogP contribution in [0.4, 0.5) is 0 Å². The first-order valence-electron chi connectivity index (χ1n) is 3.54. The van der Waals surface area contributed by atoms with E-state index in [1.807, 2.05) is 20.8 Å². The molecule has 0 spiro atoms. The molecule has 0 aliphatic carbocycles. The van der Waals surface area contributed by atoms with Crippen LogP contribution in [0.15, 0.2) is 0 Å². The summed E-state index contributed by atoms with van der Waals surface area (Å²) in [6.45, 7) is 7.71. The second-order valence-corrected chi connectivity index (χ2v) is 2.70. The Morgan fingerprint density at radius 3 is 1.17 bits per heavy atom. The number of hydrogen-bond acceptors (Lipinski definition) is 3. The Balaban J connectivity index is -0.000000405. The summed E-state index contributed by atoms with van der Waals surface area (Å²) in [5, 5.41) is 0. The van der Waals surface area contributed by atoms with Gasteiger partial charge < -0.3 is 13.6 Å². The van der Waals surface area contributed by atoms with E-state index in [9.17, 15) is 0 Å². The van der Waals surface area contributed by atoms with Gasteiger partial charge in [-0.2, -0.15) is 0 Å². The first-order valence-corrected chi connectivity index (χ1v) is 4.63. The van der Waals surface area contributed by atoms with E-state index in [2.05, 4.69) is 0 Å². The van der Waals surface area contributed by atoms with E-state index < -0.39 is 8.60 Å². The van der Waals surface area contributed by atoms with Crippen LogP contribution in [0.1, 0.15) is 20.8 Å². The first-order chi connectivity index (χ1) is 4.85. The van der Waals surface area contributed by atoms with E-state index in [-0.39, 0.29) is 40.8 Å². The maximum absolute atomic E-state index is 5.14. The minimum atomic E-state index is -1.06. The van der Waals surface area contributed by atoms with Crippen molar-refractivity contribution in [2.45, 2.75) is 20.8 Å². The monoisotopic (exact) mass is 378 g/mol. The Kier molecular flexibility index (Phi) is 24.3. The minimum absolute atomic E-state index is 0. The summed E-state index contributed by atoms with van der Waals surface area (Å²) in [6, 6.07) is 0. The standard InChI is InChI=1S/C6H15O3P.2Pd/c1-4-7-10(8-5-2)9-6-3;;/h4-6H2,1-3H3;;. The fraction of sp³-hybridized carbons (Fsp3) is 1.00. The summed E-state index contributed by atoms with van der Waals surface area (Å²) >= 11 is 0. The van der Waals surface area contributed by atoms with Crippen molar-refractivity contribution < 1.29 is 54.4 Å². The molecule has 0 atom stereocenters. The summed E-state index contributed by atoms with van der Waals surface area (Å²) in [5.41, 5.74) is 0. The van der Waals surface area contributed by atoms with E-state index >= 15 is 0 Å². The molecule has 0 rings (SSSR count). The third-order valence-electron chi connectivity index (χ3n) is 0.704. The van der Waals surface area contributed by atoms with Gasteiger partial charge in [0.1, 0.15) is 0 Å². The van der Waals surface area contributed by atoms with Gasteiger partial charge in [-0.25, -0.2) is 0 Å². The van der Waals surface area contributed by atoms with Crippen molar-refractivity contribution in [2.75, 3.05) is 19.8 Å². The van der Waals surface area contributed by atoms with Crippen molar-refractivity contribution in [3.05, 3.63) is 0 Å². The SMILES string of the molecule is CCOP(OCC)OCC.[Pd].[Pd]. The molecule has 0 radical (unpaired) electrons. The Morgan fingerprint density at radius 2 is 1.00 bits per heavy atom. The van der Waals surface area contributed by atoms with Crippen LogP contribution in [0.25, 0.3) is 0 Å². The third kappa shape index (κ3) is 11.6. The van der Waals surface area contributed by atoms with Gasteiger partial charge in [0.2, 0.25) is 0 Å². The Labute approximate surface area is 103 Å². The molecule has 6 heteroatoms. The van der Waals surface area contributed by atoms with Crippen LogP contribution in [-0.4, -0.2) is 19.8 Å². The Hall–Kier alpha value is 1.63. The van der Waals surface area contributed by atoms with E-state index in [1.54, 1.807) is 0 Å². The maximum Gasteiger partial charge on any atom is 0.332 e. The first kappa shape index (κ1) is 19.2. The molecule has 0 bridgehead atoms. The molecule has 0 fully saturated rings. The van der Waals surface area contributed by atoms with Gasteiger partial charge in [0.05, 0.1) is 19.8 Å². The summed E-state index contributed by atoms with van der Waals surface area (Å²) < 4.78 is 15.4. The van der Waals surface area contributed by atoms with E-state index in [0.717, 1.165) is 0 Å². The smallest absolute Gasteiger partial charge is 0.313 e. The van der Waals surface area contributed by atoms with Crippen molar-refractivity contribution in [3.63, 3.8) is 0 Å². The van der Waals surface area contributed by atoms with Crippen molar-refractivity contribution in [2.24, 2.45) is 0 Å². The molecule has 82 valence electrons. The van der Waals surface area contributed by atoms with Crippen LogP contribution < -0.4 is 0 Å². The molecule has 0 N–H and O–H groups in total. The second kappa shape index (κ2) is 15.1. The normalized spacial score (nSPS) is 9.00. The van der Waals surface area contributed by atoms with Crippen LogP contribution in [0, 0.1) is 0 Å². The van der Waals surface area contributed by atoms with Gasteiger partial charge >= 0.3 is 8.60 Å². The van der Waals surface area contributed by atoms with Crippen LogP contribution in [0.5, 0.6) is 0 Å². The van der Waals surface area contributed by atoms with Gasteiger partial charge in [0.15, 0.2) is 0 Å². The molecule has 0 saturated carbocycles. The van der Waals surface area contributed by atoms with Crippen LogP contribution in [-0.2, 0) is 54.4 Å². The van der Waals surface area contributed by atoms with Crippen molar-refractivity contribution in [3.8, 4) is 0 Å². The zero-order valence-electron chi connectivity index (χ0n) is 7.43. The summed E-state index contributed by atoms with van der Waals surface area (Å²) in [4.78, 5) is 0. The van der Waals surface area contributed by atoms with Crippen LogP contribution in [0.3, 0.4) is 0 Å². The molecule has 0 saturated heterocycles. The molecule has 0 aromatic carbocycles. The summed E-state index contributed by atoms with van der Waals surface area (Å²) in [7, 11) is -1.06. The fourth-order valence-electron chi connectivity index (χ4n) is 0.428. The van der Waals surface area contributed by atoms with Crippen molar-refractivity contribution >= 4 is 8.60 Å². The summed E-state index contributed by atoms with van der Waals surface area (Å²) in [5.74, 6) is 0. The van der Waals surface area contributed by atoms with Gasteiger partial charge in [0.25, 0.3) is 0 Å². The zero-order chi connectivity index (χ0) is 7.82. The summed E-state index contributed by atoms with van der Waals surface area (Å²) in [6.07, 6.45) is 0. The van der Waals surface area contributed by atoms with Gasteiger partial charge in [0, 0.05) is 40.8 Å². The van der Waals surface area contributed by atoms with Gasteiger partial charge in [-0.15, -0.1) is 0 Å². The third-order valence-corrected chi connectivity index (χ3v) is 2.11. The topological polar surface area (TPSA) is 27.7 Å². The predicted molar refractivity (Wildman–Crippen MR) is 41.8 cm³/mol. The van der Waals surface area contributed by atoms with E-state index in [0.29, 0.717) is 19.8 Å². The second-order valence-electron chi connectivity index (χ2n) is 1.48. The van der Waals surface area contributed by atoms with Crippen molar-refractivity contribution in [1.29, 1.82) is 0 Å². The molecule has 0 heterocycles. The Bertz CT molecular complexity index is 63.5. The quantitative estimate of drug-likeness (QED) is 0.524. The number of hydrogen-bond donors (Lipinski definition) is 0. The molecule has 0 aliphatic rings. The van der Waals surface area contributed by atoms with E-state index in [4.69, 9.17) is 13.6 Å². The van der Waals surface area contributed by atoms with Crippen LogP contribution in [0.2, 0.25) is 0 Å². The molecular weight excluding hydrogens is 364 g/mol. The molecule has 3 nitrogen and oxygen atoms in total. The average Bonchev–Trinajstić information content (AvgIpc) is 1.90. The maximum atomic E-state index is 5.14. The van der Waals surface area contributed by atoms with Gasteiger partial charge in [-0.3, -0.25) is 0 Å².